The van der Waals surface area contributed by atoms with E-state index in [2.05, 4.69) is 54.5 Å². The smallest absolute Gasteiger partial charge is 0.326 e. The third-order valence-corrected chi connectivity index (χ3v) is 11.7. The predicted octanol–water partition coefficient (Wildman–Crippen LogP) is -2.53. The molecule has 14 N–H and O–H groups in total. The van der Waals surface area contributed by atoms with Crippen molar-refractivity contribution in [3.05, 3.63) is 54.1 Å². The number of carbonyl (C=O) groups is 9. The van der Waals surface area contributed by atoms with Gasteiger partial charge in [-0.2, -0.15) is 12.6 Å². The Bertz CT molecular complexity index is 1990. The molecule has 1 fully saturated rings. The van der Waals surface area contributed by atoms with Gasteiger partial charge in [0, 0.05) is 37.0 Å². The Balaban J connectivity index is 1.85. The second-order valence-corrected chi connectivity index (χ2v) is 16.9. The van der Waals surface area contributed by atoms with Gasteiger partial charge in [-0.1, -0.05) is 50.6 Å². The maximum absolute atomic E-state index is 14.6. The van der Waals surface area contributed by atoms with Crippen molar-refractivity contribution in [1.29, 1.82) is 0 Å². The maximum atomic E-state index is 14.6. The van der Waals surface area contributed by atoms with Gasteiger partial charge in [-0.3, -0.25) is 38.4 Å². The number of aromatic nitrogens is 2. The van der Waals surface area contributed by atoms with E-state index in [9.17, 15) is 53.4 Å². The summed E-state index contributed by atoms with van der Waals surface area (Å²) in [6, 6.07) is -2.15. The lowest BCUT2D eigenvalue weighted by Gasteiger charge is -2.31. The second-order valence-electron chi connectivity index (χ2n) is 16.5. The summed E-state index contributed by atoms with van der Waals surface area (Å²) in [4.78, 5) is 127. The molecule has 3 rings (SSSR count). The summed E-state index contributed by atoms with van der Waals surface area (Å²) < 4.78 is 0. The molecular weight excluding hydrogens is 895 g/mol. The third kappa shape index (κ3) is 17.2. The van der Waals surface area contributed by atoms with Crippen molar-refractivity contribution in [2.75, 3.05) is 18.8 Å². The summed E-state index contributed by atoms with van der Waals surface area (Å²) in [6.07, 6.45) is 2.29. The van der Waals surface area contributed by atoms with Crippen LogP contribution in [0.1, 0.15) is 77.0 Å². The molecule has 370 valence electrons. The zero-order valence-electron chi connectivity index (χ0n) is 37.8. The van der Waals surface area contributed by atoms with Gasteiger partial charge in [-0.15, -0.1) is 0 Å². The van der Waals surface area contributed by atoms with Crippen LogP contribution in [0.4, 0.5) is 0 Å². The molecule has 7 amide bonds. The number of H-pyrrole nitrogens is 1. The number of hydrogen-bond donors (Lipinski definition) is 13. The van der Waals surface area contributed by atoms with E-state index in [1.807, 2.05) is 0 Å². The van der Waals surface area contributed by atoms with E-state index in [0.717, 1.165) is 0 Å². The number of nitrogens with one attached hydrogen (secondary N) is 7. The van der Waals surface area contributed by atoms with E-state index in [0.29, 0.717) is 43.5 Å². The standard InChI is InChI=1S/C43H65N11O12S/c1-4-23(2)34(40(62)48-28(43(65)66)13-8-9-15-44)52-38(60)31(21-67)51-39(61)32-14-10-16-54(32)42(64)30(17-25-11-6-5-7-12-25)50-37(59)29(18-26-20-46-22-47-26)49-41(63)35(24(3)55)53-36(58)27(45)19-33(56)57/h5-7,11-12,20,22-24,27-32,34-35,55,67H,4,8-10,13-19,21,44-45H2,1-3H3,(H,46,47)(H,48,62)(H,49,63)(H,50,59)(H,51,61)(H,52,60)(H,53,58)(H,56,57)(H,65,66)/t23-,24+,27-,28+,29-,30-,31-,32-,34-,35-/m0/s1. The van der Waals surface area contributed by atoms with Crippen molar-refractivity contribution in [2.24, 2.45) is 17.4 Å². The number of benzene rings is 1. The third-order valence-electron chi connectivity index (χ3n) is 11.3. The fourth-order valence-corrected chi connectivity index (χ4v) is 7.55. The average Bonchev–Trinajstić information content (AvgIpc) is 4.01. The van der Waals surface area contributed by atoms with Crippen LogP contribution in [-0.2, 0) is 56.0 Å². The van der Waals surface area contributed by atoms with Crippen molar-refractivity contribution < 1.29 is 58.5 Å². The van der Waals surface area contributed by atoms with Gasteiger partial charge in [0.1, 0.15) is 42.3 Å². The van der Waals surface area contributed by atoms with Crippen molar-refractivity contribution in [2.45, 2.75) is 133 Å². The minimum atomic E-state index is -1.68. The van der Waals surface area contributed by atoms with E-state index >= 15 is 0 Å². The molecule has 10 atom stereocenters. The Morgan fingerprint density at radius 3 is 2.03 bits per heavy atom. The number of imidazole rings is 1. The van der Waals surface area contributed by atoms with Gasteiger partial charge in [0.15, 0.2) is 0 Å². The quantitative estimate of drug-likeness (QED) is 0.0309. The molecule has 0 unspecified atom stereocenters. The maximum Gasteiger partial charge on any atom is 0.326 e. The number of thiol groups is 1. The molecule has 24 heteroatoms. The van der Waals surface area contributed by atoms with Crippen LogP contribution in [0.3, 0.4) is 0 Å². The molecule has 0 spiro atoms. The van der Waals surface area contributed by atoms with Crippen molar-refractivity contribution in [3.8, 4) is 0 Å². The van der Waals surface area contributed by atoms with E-state index in [-0.39, 0.29) is 38.0 Å². The first kappa shape index (κ1) is 55.2. The fraction of sp³-hybridized carbons (Fsp3) is 0.581. The number of aromatic amines is 1. The van der Waals surface area contributed by atoms with E-state index in [4.69, 9.17) is 16.6 Å². The average molecular weight is 960 g/mol. The van der Waals surface area contributed by atoms with Gasteiger partial charge in [0.25, 0.3) is 0 Å². The van der Waals surface area contributed by atoms with Gasteiger partial charge in [-0.05, 0) is 57.1 Å². The minimum Gasteiger partial charge on any atom is -0.481 e. The second kappa shape index (κ2) is 27.5. The highest BCUT2D eigenvalue weighted by atomic mass is 32.1. The fourth-order valence-electron chi connectivity index (χ4n) is 7.29. The molecule has 2 heterocycles. The Morgan fingerprint density at radius 2 is 1.45 bits per heavy atom. The number of nitrogens with two attached hydrogens (primary N) is 2. The minimum absolute atomic E-state index is 0.0642. The van der Waals surface area contributed by atoms with E-state index in [1.54, 1.807) is 44.2 Å². The lowest BCUT2D eigenvalue weighted by molar-refractivity contribution is -0.143. The first-order chi connectivity index (χ1) is 31.8. The number of aliphatic hydroxyl groups is 1. The molecule has 67 heavy (non-hydrogen) atoms. The molecule has 0 radical (unpaired) electrons. The lowest BCUT2D eigenvalue weighted by Crippen LogP contribution is -2.62. The number of carboxylic acids is 2. The van der Waals surface area contributed by atoms with Crippen molar-refractivity contribution in [3.63, 3.8) is 0 Å². The Labute approximate surface area is 393 Å². The Morgan fingerprint density at radius 1 is 0.821 bits per heavy atom. The molecule has 1 aromatic heterocycles. The van der Waals surface area contributed by atoms with Gasteiger partial charge in [0.05, 0.1) is 24.9 Å². The molecule has 1 saturated heterocycles. The molecule has 1 aromatic carbocycles. The molecule has 0 bridgehead atoms. The summed E-state index contributed by atoms with van der Waals surface area (Å²) in [5.74, 6) is -9.08. The summed E-state index contributed by atoms with van der Waals surface area (Å²) in [7, 11) is 0. The monoisotopic (exact) mass is 959 g/mol. The van der Waals surface area contributed by atoms with Crippen LogP contribution < -0.4 is 43.4 Å². The Kier molecular flexibility index (Phi) is 22.7. The number of amides is 7. The van der Waals surface area contributed by atoms with Crippen molar-refractivity contribution in [1.82, 2.24) is 46.8 Å². The van der Waals surface area contributed by atoms with Crippen LogP contribution in [0.25, 0.3) is 0 Å². The van der Waals surface area contributed by atoms with Gasteiger partial charge >= 0.3 is 11.9 Å². The van der Waals surface area contributed by atoms with Crippen LogP contribution in [0.5, 0.6) is 0 Å². The first-order valence-corrected chi connectivity index (χ1v) is 22.8. The van der Waals surface area contributed by atoms with Crippen LogP contribution in [-0.4, -0.2) is 157 Å². The Hall–Kier alpha value is -6.11. The lowest BCUT2D eigenvalue weighted by atomic mass is 9.97. The molecule has 23 nitrogen and oxygen atoms in total. The largest absolute Gasteiger partial charge is 0.481 e. The number of aliphatic carboxylic acids is 2. The molecule has 2 aromatic rings. The van der Waals surface area contributed by atoms with Gasteiger partial charge in [0.2, 0.25) is 41.4 Å². The molecule has 1 aliphatic heterocycles. The molecule has 0 saturated carbocycles. The highest BCUT2D eigenvalue weighted by molar-refractivity contribution is 7.80. The highest BCUT2D eigenvalue weighted by Gasteiger charge is 2.41. The number of carboxylic acid groups (broad SMARTS) is 2. The van der Waals surface area contributed by atoms with Gasteiger partial charge in [-0.25, -0.2) is 9.78 Å². The van der Waals surface area contributed by atoms with Crippen LogP contribution >= 0.6 is 12.6 Å². The van der Waals surface area contributed by atoms with E-state index in [1.165, 1.54) is 24.3 Å². The SMILES string of the molecule is CC[C@H](C)[C@H](NC(=O)[C@H](CS)NC(=O)[C@@H]1CCCN1C(=O)[C@H](Cc1ccccc1)NC(=O)[C@H](Cc1cnc[nH]1)NC(=O)[C@@H](NC(=O)[C@@H](N)CC(=O)O)[C@@H](C)O)C(=O)N[C@H](CCCCN)C(=O)O. The number of carbonyl (C=O) groups excluding carboxylic acids is 7. The molecule has 1 aliphatic rings. The molecule has 0 aliphatic carbocycles. The number of nitrogens with zero attached hydrogens (tertiary/aromatic N) is 2. The van der Waals surface area contributed by atoms with E-state index < -0.39 is 120 Å². The summed E-state index contributed by atoms with van der Waals surface area (Å²) in [5.41, 5.74) is 12.2. The normalized spacial score (nSPS) is 17.5. The van der Waals surface area contributed by atoms with Crippen molar-refractivity contribution >= 4 is 65.9 Å². The summed E-state index contributed by atoms with van der Waals surface area (Å²) in [5, 5.41) is 44.5. The first-order valence-electron chi connectivity index (χ1n) is 22.1. The van der Waals surface area contributed by atoms with Crippen LogP contribution in [0.15, 0.2) is 42.9 Å². The number of likely N-dealkylation sites (tertiary alicyclic amines) is 1. The van der Waals surface area contributed by atoms with Crippen LogP contribution in [0, 0.1) is 5.92 Å². The number of rotatable bonds is 28. The highest BCUT2D eigenvalue weighted by Crippen LogP contribution is 2.21. The van der Waals surface area contributed by atoms with Gasteiger partial charge < -0.3 is 68.6 Å². The molecular formula is C43H65N11O12S. The number of unbranched alkanes of at least 4 members (excludes halogenated alkanes) is 1. The number of aliphatic hydroxyl groups excluding tert-OH is 1. The number of hydrogen-bond acceptors (Lipinski definition) is 14. The summed E-state index contributed by atoms with van der Waals surface area (Å²) in [6.45, 7) is 5.13. The summed E-state index contributed by atoms with van der Waals surface area (Å²) >= 11 is 4.28. The zero-order chi connectivity index (χ0) is 49.8. The van der Waals surface area contributed by atoms with Crippen LogP contribution in [0.2, 0.25) is 0 Å². The predicted molar refractivity (Wildman–Crippen MR) is 245 cm³/mol. The zero-order valence-corrected chi connectivity index (χ0v) is 38.7. The topological polar surface area (TPSA) is 370 Å².